The third-order valence-corrected chi connectivity index (χ3v) is 7.32. The lowest BCUT2D eigenvalue weighted by molar-refractivity contribution is 0.414. The van der Waals surface area contributed by atoms with E-state index in [0.29, 0.717) is 34.6 Å². The standard InChI is InChI=1S/2C16H14ClN3O2/c1-22-12-4-2-3-10(7-12)9-18-11-5-6-13-14(8-11)15(17)19-20-16(13)21;1-22-12-4-2-3-10(7-12)9-18-11-5-6-13-14(8-11)16(21)20-19-15(13)17/h2*2-8,18H,9H2,1H3,(H,20,21). The van der Waals surface area contributed by atoms with Crippen molar-refractivity contribution in [3.63, 3.8) is 0 Å². The molecule has 0 saturated heterocycles. The Morgan fingerprint density at radius 3 is 1.64 bits per heavy atom. The predicted molar refractivity (Wildman–Crippen MR) is 175 cm³/mol. The molecule has 0 saturated carbocycles. The first kappa shape index (κ1) is 30.4. The summed E-state index contributed by atoms with van der Waals surface area (Å²) in [4.78, 5) is 23.5. The topological polar surface area (TPSA) is 134 Å². The van der Waals surface area contributed by atoms with Crippen molar-refractivity contribution in [1.82, 2.24) is 20.4 Å². The second-order valence-corrected chi connectivity index (χ2v) is 10.3. The molecule has 0 fully saturated rings. The van der Waals surface area contributed by atoms with Crippen LogP contribution in [0.2, 0.25) is 10.3 Å². The Labute approximate surface area is 262 Å². The Bertz CT molecular complexity index is 2050. The number of halogens is 2. The van der Waals surface area contributed by atoms with Crippen molar-refractivity contribution in [2.24, 2.45) is 0 Å². The summed E-state index contributed by atoms with van der Waals surface area (Å²) in [6.45, 7) is 1.26. The number of nitrogens with one attached hydrogen (secondary N) is 4. The first-order valence-corrected chi connectivity index (χ1v) is 14.2. The number of aromatic nitrogens is 4. The molecule has 44 heavy (non-hydrogen) atoms. The number of methoxy groups -OCH3 is 2. The smallest absolute Gasteiger partial charge is 0.272 e. The molecule has 0 radical (unpaired) electrons. The number of anilines is 2. The molecule has 0 bridgehead atoms. The van der Waals surface area contributed by atoms with Crippen LogP contribution in [-0.2, 0) is 13.1 Å². The molecule has 0 amide bonds. The van der Waals surface area contributed by atoms with Gasteiger partial charge in [0.1, 0.15) is 11.5 Å². The van der Waals surface area contributed by atoms with Crippen LogP contribution in [0.3, 0.4) is 0 Å². The average Bonchev–Trinajstić information content (AvgIpc) is 3.06. The zero-order valence-electron chi connectivity index (χ0n) is 23.8. The highest BCUT2D eigenvalue weighted by molar-refractivity contribution is 6.34. The van der Waals surface area contributed by atoms with Gasteiger partial charge in [-0.1, -0.05) is 47.5 Å². The third kappa shape index (κ3) is 7.28. The van der Waals surface area contributed by atoms with E-state index in [4.69, 9.17) is 32.7 Å². The molecule has 224 valence electrons. The van der Waals surface area contributed by atoms with E-state index >= 15 is 0 Å². The van der Waals surface area contributed by atoms with Crippen LogP contribution in [0.15, 0.2) is 94.5 Å². The summed E-state index contributed by atoms with van der Waals surface area (Å²) >= 11 is 12.0. The van der Waals surface area contributed by atoms with Crippen molar-refractivity contribution >= 4 is 56.1 Å². The zero-order chi connectivity index (χ0) is 31.1. The van der Waals surface area contributed by atoms with Gasteiger partial charge in [0, 0.05) is 35.2 Å². The fourth-order valence-corrected chi connectivity index (χ4v) is 4.86. The lowest BCUT2D eigenvalue weighted by atomic mass is 10.1. The third-order valence-electron chi connectivity index (χ3n) is 6.75. The van der Waals surface area contributed by atoms with Crippen molar-refractivity contribution in [3.8, 4) is 11.5 Å². The van der Waals surface area contributed by atoms with Crippen LogP contribution in [0.5, 0.6) is 11.5 Å². The van der Waals surface area contributed by atoms with Crippen LogP contribution in [0.25, 0.3) is 21.5 Å². The molecular formula is C32H28Cl2N6O4. The maximum absolute atomic E-state index is 11.8. The highest BCUT2D eigenvalue weighted by Gasteiger charge is 2.07. The van der Waals surface area contributed by atoms with Crippen molar-refractivity contribution < 1.29 is 9.47 Å². The zero-order valence-corrected chi connectivity index (χ0v) is 25.3. The Hall–Kier alpha value is -5.06. The molecular weight excluding hydrogens is 603 g/mol. The van der Waals surface area contributed by atoms with Crippen molar-refractivity contribution in [2.75, 3.05) is 24.9 Å². The normalized spacial score (nSPS) is 10.6. The van der Waals surface area contributed by atoms with E-state index < -0.39 is 0 Å². The lowest BCUT2D eigenvalue weighted by Gasteiger charge is -2.09. The van der Waals surface area contributed by atoms with Gasteiger partial charge in [-0.25, -0.2) is 10.2 Å². The molecule has 0 atom stereocenters. The molecule has 4 aromatic carbocycles. The highest BCUT2D eigenvalue weighted by atomic mass is 35.5. The molecule has 0 spiro atoms. The Balaban J connectivity index is 0.000000175. The average molecular weight is 632 g/mol. The van der Waals surface area contributed by atoms with Crippen molar-refractivity contribution in [2.45, 2.75) is 13.1 Å². The van der Waals surface area contributed by atoms with Gasteiger partial charge in [0.05, 0.1) is 25.0 Å². The van der Waals surface area contributed by atoms with Crippen LogP contribution < -0.4 is 31.2 Å². The Kier molecular flexibility index (Phi) is 9.63. The first-order valence-electron chi connectivity index (χ1n) is 13.4. The minimum Gasteiger partial charge on any atom is -0.497 e. The minimum atomic E-state index is -0.260. The van der Waals surface area contributed by atoms with Gasteiger partial charge in [-0.2, -0.15) is 10.2 Å². The molecule has 6 aromatic rings. The molecule has 2 heterocycles. The number of rotatable bonds is 8. The fourth-order valence-electron chi connectivity index (χ4n) is 4.46. The summed E-state index contributed by atoms with van der Waals surface area (Å²) < 4.78 is 10.4. The van der Waals surface area contributed by atoms with E-state index in [1.165, 1.54) is 0 Å². The van der Waals surface area contributed by atoms with Gasteiger partial charge in [0.15, 0.2) is 10.3 Å². The van der Waals surface area contributed by atoms with E-state index in [0.717, 1.165) is 34.0 Å². The predicted octanol–water partition coefficient (Wildman–Crippen LogP) is 6.39. The minimum absolute atomic E-state index is 0.251. The van der Waals surface area contributed by atoms with Crippen LogP contribution in [0.1, 0.15) is 11.1 Å². The first-order chi connectivity index (χ1) is 21.3. The summed E-state index contributed by atoms with van der Waals surface area (Å²) in [5.41, 5.74) is 3.37. The molecule has 0 aliphatic carbocycles. The molecule has 0 aliphatic rings. The SMILES string of the molecule is COc1cccc(CNc2ccc3c(=O)[nH]nc(Cl)c3c2)c1.COc1cccc(CNc2ccc3c(Cl)n[nH]c(=O)c3c2)c1. The molecule has 10 nitrogen and oxygen atoms in total. The maximum Gasteiger partial charge on any atom is 0.272 e. The second-order valence-electron chi connectivity index (χ2n) is 9.62. The Morgan fingerprint density at radius 1 is 0.614 bits per heavy atom. The molecule has 4 N–H and O–H groups in total. The molecule has 6 rings (SSSR count). The second kappa shape index (κ2) is 13.9. The van der Waals surface area contributed by atoms with E-state index in [-0.39, 0.29) is 21.4 Å². The number of nitrogens with zero attached hydrogens (tertiary/aromatic N) is 2. The summed E-state index contributed by atoms with van der Waals surface area (Å²) in [5, 5.41) is 21.7. The maximum atomic E-state index is 11.8. The number of hydrogen-bond donors (Lipinski definition) is 4. The van der Waals surface area contributed by atoms with E-state index in [1.807, 2.05) is 66.7 Å². The van der Waals surface area contributed by atoms with Gasteiger partial charge in [-0.15, -0.1) is 0 Å². The van der Waals surface area contributed by atoms with Crippen LogP contribution in [0, 0.1) is 0 Å². The number of fused-ring (bicyclic) bond motifs is 2. The number of aromatic amines is 2. The quantitative estimate of drug-likeness (QED) is 0.152. The lowest BCUT2D eigenvalue weighted by Crippen LogP contribution is -2.09. The molecule has 0 aliphatic heterocycles. The molecule has 2 aromatic heterocycles. The molecule has 12 heteroatoms. The summed E-state index contributed by atoms with van der Waals surface area (Å²) in [6.07, 6.45) is 0. The van der Waals surface area contributed by atoms with E-state index in [1.54, 1.807) is 32.4 Å². The van der Waals surface area contributed by atoms with Crippen molar-refractivity contribution in [3.05, 3.63) is 127 Å². The van der Waals surface area contributed by atoms with Crippen LogP contribution in [-0.4, -0.2) is 34.6 Å². The van der Waals surface area contributed by atoms with E-state index in [9.17, 15) is 9.59 Å². The number of hydrogen-bond acceptors (Lipinski definition) is 8. The Morgan fingerprint density at radius 2 is 1.09 bits per heavy atom. The van der Waals surface area contributed by atoms with Crippen LogP contribution in [0.4, 0.5) is 11.4 Å². The summed E-state index contributed by atoms with van der Waals surface area (Å²) in [7, 11) is 3.28. The summed E-state index contributed by atoms with van der Waals surface area (Å²) in [5.74, 6) is 1.63. The number of benzene rings is 4. The van der Waals surface area contributed by atoms with Gasteiger partial charge >= 0.3 is 0 Å². The molecule has 0 unspecified atom stereocenters. The van der Waals surface area contributed by atoms with Gasteiger partial charge in [0.2, 0.25) is 0 Å². The van der Waals surface area contributed by atoms with Gasteiger partial charge in [-0.05, 0) is 71.8 Å². The monoisotopic (exact) mass is 630 g/mol. The van der Waals surface area contributed by atoms with Gasteiger partial charge in [0.25, 0.3) is 11.1 Å². The number of H-pyrrole nitrogens is 2. The van der Waals surface area contributed by atoms with Crippen molar-refractivity contribution in [1.29, 1.82) is 0 Å². The fraction of sp³-hybridized carbons (Fsp3) is 0.125. The van der Waals surface area contributed by atoms with E-state index in [2.05, 4.69) is 31.0 Å². The largest absolute Gasteiger partial charge is 0.497 e. The highest BCUT2D eigenvalue weighted by Crippen LogP contribution is 2.24. The number of ether oxygens (including phenoxy) is 2. The van der Waals surface area contributed by atoms with Crippen LogP contribution >= 0.6 is 23.2 Å². The summed E-state index contributed by atoms with van der Waals surface area (Å²) in [6, 6.07) is 26.4. The van der Waals surface area contributed by atoms with Gasteiger partial charge < -0.3 is 20.1 Å². The van der Waals surface area contributed by atoms with Gasteiger partial charge in [-0.3, -0.25) is 9.59 Å².